The van der Waals surface area contributed by atoms with Crippen molar-refractivity contribution in [2.45, 2.75) is 13.8 Å². The minimum atomic E-state index is -0.291. The predicted octanol–water partition coefficient (Wildman–Crippen LogP) is 3.06. The van der Waals surface area contributed by atoms with Crippen molar-refractivity contribution < 1.29 is 14.3 Å². The number of carbonyl (C=O) groups excluding carboxylic acids is 2. The highest BCUT2D eigenvalue weighted by atomic mass is 16.5. The molecule has 2 rings (SSSR count). The molecule has 6 heteroatoms. The van der Waals surface area contributed by atoms with Crippen molar-refractivity contribution in [3.05, 3.63) is 48.0 Å². The molecule has 0 aromatic heterocycles. The van der Waals surface area contributed by atoms with Gasteiger partial charge in [-0.3, -0.25) is 9.59 Å². The van der Waals surface area contributed by atoms with Crippen molar-refractivity contribution in [2.75, 3.05) is 42.9 Å². The van der Waals surface area contributed by atoms with E-state index in [9.17, 15) is 9.59 Å². The Morgan fingerprint density at radius 1 is 1.04 bits per heavy atom. The second kappa shape index (κ2) is 8.38. The molecule has 0 bridgehead atoms. The molecule has 0 fully saturated rings. The van der Waals surface area contributed by atoms with Gasteiger partial charge in [-0.1, -0.05) is 6.07 Å². The first-order valence-corrected chi connectivity index (χ1v) is 8.32. The predicted molar refractivity (Wildman–Crippen MR) is 105 cm³/mol. The Balaban J connectivity index is 2.16. The van der Waals surface area contributed by atoms with Gasteiger partial charge in [0.05, 0.1) is 12.8 Å². The van der Waals surface area contributed by atoms with Gasteiger partial charge in [0.1, 0.15) is 12.3 Å². The maximum atomic E-state index is 12.5. The second-order valence-corrected chi connectivity index (χ2v) is 6.27. The molecular formula is C20H25N3O3. The van der Waals surface area contributed by atoms with E-state index in [1.54, 1.807) is 13.2 Å². The monoisotopic (exact) mass is 355 g/mol. The van der Waals surface area contributed by atoms with Gasteiger partial charge in [0.15, 0.2) is 0 Å². The van der Waals surface area contributed by atoms with Gasteiger partial charge in [0.25, 0.3) is 0 Å². The lowest BCUT2D eigenvalue weighted by molar-refractivity contribution is -0.120. The number of benzene rings is 2. The zero-order valence-electron chi connectivity index (χ0n) is 15.9. The first-order chi connectivity index (χ1) is 12.3. The van der Waals surface area contributed by atoms with Crippen LogP contribution in [0.2, 0.25) is 0 Å². The maximum absolute atomic E-state index is 12.5. The van der Waals surface area contributed by atoms with Gasteiger partial charge in [0.2, 0.25) is 11.8 Å². The van der Waals surface area contributed by atoms with Gasteiger partial charge in [-0.2, -0.15) is 0 Å². The Morgan fingerprint density at radius 3 is 2.19 bits per heavy atom. The highest BCUT2D eigenvalue weighted by Gasteiger charge is 2.17. The van der Waals surface area contributed by atoms with E-state index in [-0.39, 0.29) is 18.4 Å². The number of hydrogen-bond donors (Lipinski definition) is 1. The normalized spacial score (nSPS) is 10.2. The summed E-state index contributed by atoms with van der Waals surface area (Å²) in [5, 5.41) is 2.82. The van der Waals surface area contributed by atoms with Crippen LogP contribution in [-0.2, 0) is 9.59 Å². The maximum Gasteiger partial charge on any atom is 0.244 e. The molecule has 0 spiro atoms. The lowest BCUT2D eigenvalue weighted by atomic mass is 10.2. The van der Waals surface area contributed by atoms with Gasteiger partial charge in [-0.05, 0) is 48.9 Å². The van der Waals surface area contributed by atoms with E-state index in [2.05, 4.69) is 5.32 Å². The van der Waals surface area contributed by atoms with Crippen molar-refractivity contribution in [2.24, 2.45) is 0 Å². The summed E-state index contributed by atoms with van der Waals surface area (Å²) in [6.07, 6.45) is 0. The van der Waals surface area contributed by atoms with E-state index in [1.807, 2.05) is 62.3 Å². The Morgan fingerprint density at radius 2 is 1.65 bits per heavy atom. The van der Waals surface area contributed by atoms with Crippen LogP contribution in [0.3, 0.4) is 0 Å². The van der Waals surface area contributed by atoms with E-state index in [4.69, 9.17) is 4.74 Å². The van der Waals surface area contributed by atoms with E-state index < -0.39 is 0 Å². The average Bonchev–Trinajstić information content (AvgIpc) is 2.59. The number of ether oxygens (including phenoxy) is 1. The van der Waals surface area contributed by atoms with Crippen molar-refractivity contribution in [1.29, 1.82) is 0 Å². The Labute approximate surface area is 154 Å². The minimum absolute atomic E-state index is 0.0757. The molecule has 0 unspecified atom stereocenters. The Hall–Kier alpha value is -3.02. The molecule has 2 aromatic rings. The second-order valence-electron chi connectivity index (χ2n) is 6.27. The first kappa shape index (κ1) is 19.3. The van der Waals surface area contributed by atoms with Crippen LogP contribution >= 0.6 is 0 Å². The van der Waals surface area contributed by atoms with Gasteiger partial charge in [0, 0.05) is 32.4 Å². The van der Waals surface area contributed by atoms with Crippen LogP contribution in [0.5, 0.6) is 5.75 Å². The number of nitrogens with one attached hydrogen (secondary N) is 1. The molecule has 2 amide bonds. The van der Waals surface area contributed by atoms with Crippen LogP contribution in [0.4, 0.5) is 17.1 Å². The molecule has 0 radical (unpaired) electrons. The third-order valence-electron chi connectivity index (χ3n) is 3.99. The third-order valence-corrected chi connectivity index (χ3v) is 3.99. The number of hydrogen-bond acceptors (Lipinski definition) is 4. The molecule has 26 heavy (non-hydrogen) atoms. The standard InChI is InChI=1S/C20H25N3O3/c1-14-6-11-19(26-5)18(12-14)21-20(25)13-23(15(2)24)17-9-7-16(8-10-17)22(3)4/h6-12H,13H2,1-5H3,(H,21,25). The Bertz CT molecular complexity index is 785. The minimum Gasteiger partial charge on any atom is -0.495 e. The summed E-state index contributed by atoms with van der Waals surface area (Å²) < 4.78 is 5.27. The summed E-state index contributed by atoms with van der Waals surface area (Å²) in [5.41, 5.74) is 3.29. The van der Waals surface area contributed by atoms with E-state index in [0.29, 0.717) is 17.1 Å². The van der Waals surface area contributed by atoms with E-state index in [0.717, 1.165) is 11.3 Å². The third kappa shape index (κ3) is 4.75. The van der Waals surface area contributed by atoms with Crippen molar-refractivity contribution in [3.8, 4) is 5.75 Å². The van der Waals surface area contributed by atoms with Crippen LogP contribution in [0.25, 0.3) is 0 Å². The molecule has 0 saturated heterocycles. The number of methoxy groups -OCH3 is 1. The molecule has 0 atom stereocenters. The van der Waals surface area contributed by atoms with Crippen molar-refractivity contribution in [1.82, 2.24) is 0 Å². The average molecular weight is 355 g/mol. The number of amides is 2. The van der Waals surface area contributed by atoms with Crippen LogP contribution in [0.1, 0.15) is 12.5 Å². The summed E-state index contributed by atoms with van der Waals surface area (Å²) in [6, 6.07) is 13.0. The lowest BCUT2D eigenvalue weighted by Gasteiger charge is -2.22. The van der Waals surface area contributed by atoms with Crippen LogP contribution < -0.4 is 19.9 Å². The summed E-state index contributed by atoms with van der Waals surface area (Å²) in [4.78, 5) is 27.9. The number of aryl methyl sites for hydroxylation is 1. The first-order valence-electron chi connectivity index (χ1n) is 8.32. The van der Waals surface area contributed by atoms with Crippen molar-refractivity contribution in [3.63, 3.8) is 0 Å². The molecule has 6 nitrogen and oxygen atoms in total. The van der Waals surface area contributed by atoms with E-state index >= 15 is 0 Å². The van der Waals surface area contributed by atoms with Gasteiger partial charge < -0.3 is 19.9 Å². The van der Waals surface area contributed by atoms with E-state index in [1.165, 1.54) is 11.8 Å². The lowest BCUT2D eigenvalue weighted by Crippen LogP contribution is -2.36. The topological polar surface area (TPSA) is 61.9 Å². The number of rotatable bonds is 6. The summed E-state index contributed by atoms with van der Waals surface area (Å²) in [6.45, 7) is 3.30. The number of anilines is 3. The zero-order valence-corrected chi connectivity index (χ0v) is 15.9. The van der Waals surface area contributed by atoms with Gasteiger partial charge >= 0.3 is 0 Å². The summed E-state index contributed by atoms with van der Waals surface area (Å²) in [7, 11) is 5.44. The molecule has 1 N–H and O–H groups in total. The fraction of sp³-hybridized carbons (Fsp3) is 0.300. The molecule has 0 saturated carbocycles. The Kier molecular flexibility index (Phi) is 6.22. The smallest absolute Gasteiger partial charge is 0.244 e. The van der Waals surface area contributed by atoms with Crippen LogP contribution in [0.15, 0.2) is 42.5 Å². The largest absolute Gasteiger partial charge is 0.495 e. The molecule has 0 aliphatic heterocycles. The quantitative estimate of drug-likeness (QED) is 0.865. The summed E-state index contributed by atoms with van der Waals surface area (Å²) >= 11 is 0. The number of carbonyl (C=O) groups is 2. The van der Waals surface area contributed by atoms with Gasteiger partial charge in [-0.15, -0.1) is 0 Å². The highest BCUT2D eigenvalue weighted by molar-refractivity contribution is 6.02. The molecule has 0 heterocycles. The van der Waals surface area contributed by atoms with Crippen LogP contribution in [0, 0.1) is 6.92 Å². The SMILES string of the molecule is COc1ccc(C)cc1NC(=O)CN(C(C)=O)c1ccc(N(C)C)cc1. The molecule has 0 aliphatic rings. The molecule has 2 aromatic carbocycles. The fourth-order valence-electron chi connectivity index (χ4n) is 2.57. The van der Waals surface area contributed by atoms with Crippen molar-refractivity contribution >= 4 is 28.9 Å². The highest BCUT2D eigenvalue weighted by Crippen LogP contribution is 2.25. The number of nitrogens with zero attached hydrogens (tertiary/aromatic N) is 2. The van der Waals surface area contributed by atoms with Gasteiger partial charge in [-0.25, -0.2) is 0 Å². The summed E-state index contributed by atoms with van der Waals surface area (Å²) in [5.74, 6) is 0.0865. The molecule has 138 valence electrons. The fourth-order valence-corrected chi connectivity index (χ4v) is 2.57. The van der Waals surface area contributed by atoms with Crippen LogP contribution in [-0.4, -0.2) is 39.6 Å². The molecule has 0 aliphatic carbocycles. The molecular weight excluding hydrogens is 330 g/mol. The zero-order chi connectivity index (χ0) is 19.3.